The van der Waals surface area contributed by atoms with Crippen molar-refractivity contribution in [2.45, 2.75) is 19.9 Å². The van der Waals surface area contributed by atoms with E-state index in [1.165, 1.54) is 12.1 Å². The standard InChI is InChI=1S/C12H16FN3O2/c1-6(2)10(11(15)17)16-12(18)8-4-3-7(14)5-9(8)13/h3-6,10H,14H2,1-2H3,(H2,15,17)(H,16,18). The molecule has 1 aromatic rings. The molecule has 5 N–H and O–H groups in total. The van der Waals surface area contributed by atoms with Crippen LogP contribution in [-0.2, 0) is 4.79 Å². The highest BCUT2D eigenvalue weighted by atomic mass is 19.1. The van der Waals surface area contributed by atoms with Crippen LogP contribution in [0, 0.1) is 11.7 Å². The maximum Gasteiger partial charge on any atom is 0.254 e. The van der Waals surface area contributed by atoms with E-state index in [1.807, 2.05) is 0 Å². The molecule has 1 atom stereocenters. The lowest BCUT2D eigenvalue weighted by molar-refractivity contribution is -0.120. The first-order valence-corrected chi connectivity index (χ1v) is 5.48. The van der Waals surface area contributed by atoms with Gasteiger partial charge in [-0.25, -0.2) is 4.39 Å². The molecule has 0 spiro atoms. The lowest BCUT2D eigenvalue weighted by Crippen LogP contribution is -2.47. The number of primary amides is 1. The molecule has 0 saturated heterocycles. The second kappa shape index (κ2) is 5.48. The normalized spacial score (nSPS) is 12.2. The number of nitrogens with one attached hydrogen (secondary N) is 1. The number of hydrogen-bond acceptors (Lipinski definition) is 3. The third kappa shape index (κ3) is 3.19. The van der Waals surface area contributed by atoms with Gasteiger partial charge in [0.2, 0.25) is 5.91 Å². The van der Waals surface area contributed by atoms with Crippen LogP contribution in [0.2, 0.25) is 0 Å². The van der Waals surface area contributed by atoms with E-state index in [1.54, 1.807) is 13.8 Å². The summed E-state index contributed by atoms with van der Waals surface area (Å²) in [7, 11) is 0. The fraction of sp³-hybridized carbons (Fsp3) is 0.333. The zero-order valence-electron chi connectivity index (χ0n) is 10.2. The van der Waals surface area contributed by atoms with Gasteiger partial charge in [-0.2, -0.15) is 0 Å². The molecule has 98 valence electrons. The Bertz CT molecular complexity index is 474. The molecule has 6 heteroatoms. The minimum Gasteiger partial charge on any atom is -0.399 e. The summed E-state index contributed by atoms with van der Waals surface area (Å²) in [5.41, 5.74) is 10.6. The Balaban J connectivity index is 2.91. The molecule has 0 aliphatic carbocycles. The van der Waals surface area contributed by atoms with Crippen molar-refractivity contribution in [2.75, 3.05) is 5.73 Å². The number of halogens is 1. The molecular weight excluding hydrogens is 237 g/mol. The largest absolute Gasteiger partial charge is 0.399 e. The molecule has 2 amide bonds. The highest BCUT2D eigenvalue weighted by molar-refractivity contribution is 5.97. The Morgan fingerprint density at radius 3 is 2.39 bits per heavy atom. The zero-order valence-corrected chi connectivity index (χ0v) is 10.2. The van der Waals surface area contributed by atoms with Crippen LogP contribution in [-0.4, -0.2) is 17.9 Å². The summed E-state index contributed by atoms with van der Waals surface area (Å²) < 4.78 is 13.5. The lowest BCUT2D eigenvalue weighted by atomic mass is 10.0. The molecule has 0 heterocycles. The van der Waals surface area contributed by atoms with Crippen LogP contribution in [0.25, 0.3) is 0 Å². The fourth-order valence-electron chi connectivity index (χ4n) is 1.50. The number of hydrogen-bond donors (Lipinski definition) is 3. The molecule has 18 heavy (non-hydrogen) atoms. The van der Waals surface area contributed by atoms with Crippen LogP contribution in [0.1, 0.15) is 24.2 Å². The average Bonchev–Trinajstić information content (AvgIpc) is 2.24. The van der Waals surface area contributed by atoms with Gasteiger partial charge in [0.05, 0.1) is 5.56 Å². The van der Waals surface area contributed by atoms with Gasteiger partial charge < -0.3 is 16.8 Å². The highest BCUT2D eigenvalue weighted by Crippen LogP contribution is 2.12. The number of nitrogens with two attached hydrogens (primary N) is 2. The molecule has 0 fully saturated rings. The summed E-state index contributed by atoms with van der Waals surface area (Å²) in [5, 5.41) is 2.40. The number of amides is 2. The van der Waals surface area contributed by atoms with Crippen LogP contribution in [0.3, 0.4) is 0 Å². The Morgan fingerprint density at radius 2 is 1.94 bits per heavy atom. The Labute approximate surface area is 104 Å². The predicted molar refractivity (Wildman–Crippen MR) is 66.1 cm³/mol. The number of benzene rings is 1. The van der Waals surface area contributed by atoms with E-state index in [4.69, 9.17) is 11.5 Å². The van der Waals surface area contributed by atoms with Crippen LogP contribution >= 0.6 is 0 Å². The van der Waals surface area contributed by atoms with Crippen molar-refractivity contribution in [1.82, 2.24) is 5.32 Å². The molecule has 1 rings (SSSR count). The molecule has 0 bridgehead atoms. The third-order valence-corrected chi connectivity index (χ3v) is 2.50. The smallest absolute Gasteiger partial charge is 0.254 e. The summed E-state index contributed by atoms with van der Waals surface area (Å²) in [6, 6.07) is 2.88. The minimum absolute atomic E-state index is 0.170. The quantitative estimate of drug-likeness (QED) is 0.687. The number of anilines is 1. The second-order valence-corrected chi connectivity index (χ2v) is 4.34. The number of carbonyl (C=O) groups excluding carboxylic acids is 2. The van der Waals surface area contributed by atoms with Gasteiger partial charge in [0, 0.05) is 5.69 Å². The Hall–Kier alpha value is -2.11. The molecule has 0 aliphatic rings. The fourth-order valence-corrected chi connectivity index (χ4v) is 1.50. The Kier molecular flexibility index (Phi) is 4.25. The van der Waals surface area contributed by atoms with Crippen molar-refractivity contribution in [3.05, 3.63) is 29.6 Å². The van der Waals surface area contributed by atoms with E-state index in [2.05, 4.69) is 5.32 Å². The van der Waals surface area contributed by atoms with E-state index < -0.39 is 23.7 Å². The summed E-state index contributed by atoms with van der Waals surface area (Å²) >= 11 is 0. The summed E-state index contributed by atoms with van der Waals surface area (Å²) in [4.78, 5) is 22.9. The average molecular weight is 253 g/mol. The van der Waals surface area contributed by atoms with E-state index in [0.717, 1.165) is 6.07 Å². The van der Waals surface area contributed by atoms with Crippen molar-refractivity contribution in [3.8, 4) is 0 Å². The molecule has 1 unspecified atom stereocenters. The van der Waals surface area contributed by atoms with Gasteiger partial charge in [-0.1, -0.05) is 13.8 Å². The molecule has 0 aromatic heterocycles. The van der Waals surface area contributed by atoms with Gasteiger partial charge in [0.1, 0.15) is 11.9 Å². The van der Waals surface area contributed by atoms with Gasteiger partial charge in [-0.05, 0) is 24.1 Å². The SMILES string of the molecule is CC(C)C(NC(=O)c1ccc(N)cc1F)C(N)=O. The first-order chi connectivity index (χ1) is 8.32. The first kappa shape index (κ1) is 14.0. The third-order valence-electron chi connectivity index (χ3n) is 2.50. The molecular formula is C12H16FN3O2. The van der Waals surface area contributed by atoms with Gasteiger partial charge in [0.15, 0.2) is 0 Å². The van der Waals surface area contributed by atoms with Crippen molar-refractivity contribution in [3.63, 3.8) is 0 Å². The van der Waals surface area contributed by atoms with Crippen LogP contribution in [0.4, 0.5) is 10.1 Å². The lowest BCUT2D eigenvalue weighted by Gasteiger charge is -2.19. The van der Waals surface area contributed by atoms with Crippen molar-refractivity contribution in [2.24, 2.45) is 11.7 Å². The zero-order chi connectivity index (χ0) is 13.9. The van der Waals surface area contributed by atoms with Gasteiger partial charge >= 0.3 is 0 Å². The van der Waals surface area contributed by atoms with Gasteiger partial charge in [-0.15, -0.1) is 0 Å². The molecule has 5 nitrogen and oxygen atoms in total. The minimum atomic E-state index is -0.838. The number of carbonyl (C=O) groups is 2. The van der Waals surface area contributed by atoms with Gasteiger partial charge in [0.25, 0.3) is 5.91 Å². The second-order valence-electron chi connectivity index (χ2n) is 4.34. The van der Waals surface area contributed by atoms with Crippen LogP contribution < -0.4 is 16.8 Å². The molecule has 0 saturated carbocycles. The Morgan fingerprint density at radius 1 is 1.33 bits per heavy atom. The van der Waals surface area contributed by atoms with E-state index in [-0.39, 0.29) is 17.2 Å². The van der Waals surface area contributed by atoms with Crippen molar-refractivity contribution in [1.29, 1.82) is 0 Å². The summed E-state index contributed by atoms with van der Waals surface area (Å²) in [6.45, 7) is 3.46. The van der Waals surface area contributed by atoms with Crippen LogP contribution in [0.5, 0.6) is 0 Å². The number of rotatable bonds is 4. The van der Waals surface area contributed by atoms with E-state index in [9.17, 15) is 14.0 Å². The van der Waals surface area contributed by atoms with Crippen molar-refractivity contribution >= 4 is 17.5 Å². The summed E-state index contributed by atoms with van der Waals surface area (Å²) in [5.74, 6) is -2.26. The van der Waals surface area contributed by atoms with Crippen molar-refractivity contribution < 1.29 is 14.0 Å². The highest BCUT2D eigenvalue weighted by Gasteiger charge is 2.23. The van der Waals surface area contributed by atoms with E-state index in [0.29, 0.717) is 0 Å². The first-order valence-electron chi connectivity index (χ1n) is 5.48. The summed E-state index contributed by atoms with van der Waals surface area (Å²) in [6.07, 6.45) is 0. The maximum absolute atomic E-state index is 13.5. The molecule has 0 aliphatic heterocycles. The molecule has 1 aromatic carbocycles. The van der Waals surface area contributed by atoms with Crippen LogP contribution in [0.15, 0.2) is 18.2 Å². The molecule has 0 radical (unpaired) electrons. The van der Waals surface area contributed by atoms with E-state index >= 15 is 0 Å². The topological polar surface area (TPSA) is 98.2 Å². The van der Waals surface area contributed by atoms with Gasteiger partial charge in [-0.3, -0.25) is 9.59 Å². The maximum atomic E-state index is 13.5. The number of nitrogen functional groups attached to an aromatic ring is 1. The monoisotopic (exact) mass is 253 g/mol. The predicted octanol–water partition coefficient (Wildman–Crippen LogP) is 0.648.